The number of nitrogens with one attached hydrogen (secondary N) is 4. The second kappa shape index (κ2) is 30.8. The number of hydrogen-bond acceptors (Lipinski definition) is 13. The topological polar surface area (TPSA) is 289 Å². The largest absolute Gasteiger partial charge is 0.480 e. The second-order valence-corrected chi connectivity index (χ2v) is 13.9. The van der Waals surface area contributed by atoms with Crippen LogP contribution in [0.4, 0.5) is 24.5 Å². The van der Waals surface area contributed by atoms with Crippen LogP contribution in [0.25, 0.3) is 0 Å². The zero-order valence-corrected chi connectivity index (χ0v) is 35.0. The number of halogens is 3. The average Bonchev–Trinajstić information content (AvgIpc) is 3.23. The number of amides is 4. The molecule has 2 atom stereocenters. The summed E-state index contributed by atoms with van der Waals surface area (Å²) in [6.07, 6.45) is -2.39. The van der Waals surface area contributed by atoms with Crippen LogP contribution in [0.15, 0.2) is 42.5 Å². The Morgan fingerprint density at radius 1 is 0.635 bits per heavy atom. The van der Waals surface area contributed by atoms with Crippen molar-refractivity contribution in [3.8, 4) is 0 Å². The van der Waals surface area contributed by atoms with Gasteiger partial charge in [-0.25, -0.2) is 4.79 Å². The van der Waals surface area contributed by atoms with Crippen molar-refractivity contribution in [1.29, 1.82) is 0 Å². The number of nitrogens with two attached hydrogens (primary N) is 2. The first-order valence-electron chi connectivity index (χ1n) is 20.4. The fourth-order valence-corrected chi connectivity index (χ4v) is 5.48. The number of carboxylic acids is 2. The molecular weight excluding hydrogens is 841 g/mol. The molecule has 352 valence electrons. The van der Waals surface area contributed by atoms with Gasteiger partial charge in [-0.15, -0.1) is 0 Å². The van der Waals surface area contributed by atoms with Crippen molar-refractivity contribution in [3.05, 3.63) is 59.2 Å². The summed E-state index contributed by atoms with van der Waals surface area (Å²) in [5, 5.41) is 29.4. The maximum absolute atomic E-state index is 13.0. The molecule has 63 heavy (non-hydrogen) atoms. The lowest BCUT2D eigenvalue weighted by Crippen LogP contribution is -2.47. The Bertz CT molecular complexity index is 1720. The minimum Gasteiger partial charge on any atom is -0.480 e. The lowest BCUT2D eigenvalue weighted by molar-refractivity contribution is -0.159. The fourth-order valence-electron chi connectivity index (χ4n) is 5.48. The lowest BCUT2D eigenvalue weighted by atomic mass is 10.1. The van der Waals surface area contributed by atoms with E-state index >= 15 is 0 Å². The summed E-state index contributed by atoms with van der Waals surface area (Å²) in [4.78, 5) is 72.7. The van der Waals surface area contributed by atoms with Gasteiger partial charge in [-0.3, -0.25) is 24.0 Å². The molecule has 10 N–H and O–H groups in total. The molecule has 0 aliphatic heterocycles. The molecule has 0 aliphatic carbocycles. The predicted octanol–water partition coefficient (Wildman–Crippen LogP) is 2.66. The van der Waals surface area contributed by atoms with Crippen LogP contribution < -0.4 is 32.7 Å². The monoisotopic (exact) mass is 900 g/mol. The Hall–Kier alpha value is -5.23. The van der Waals surface area contributed by atoms with E-state index in [0.717, 1.165) is 30.7 Å². The standard InChI is InChI=1S/C41H59F3N6O13/c42-41(43,44)30-11-9-29(10-12-30)38(54)50-32-24-28(26-63-37(40(57)58)36(46)39(55)56)23-31(25-32)49-34(52)8-4-2-5-14-47-33(51)7-3-1-6-15-48-35(53)27-62-22-21-61-20-19-60-18-17-59-16-13-45/h9-12,23-25,36-37H,1-8,13-22,26-27,45-46H2,(H,47,51)(H,48,53)(H,49,52)(H,50,54)(H,55,56)(H,57,58)/t36-,37-/m0/s1. The van der Waals surface area contributed by atoms with Crippen LogP contribution in [0.1, 0.15) is 72.9 Å². The molecule has 0 saturated heterocycles. The van der Waals surface area contributed by atoms with E-state index in [1.54, 1.807) is 0 Å². The molecule has 0 bridgehead atoms. The summed E-state index contributed by atoms with van der Waals surface area (Å²) in [6.45, 7) is 3.62. The molecular formula is C41H59F3N6O13. The number of aliphatic carboxylic acids is 2. The number of carbonyl (C=O) groups excluding carboxylic acids is 4. The molecule has 22 heteroatoms. The van der Waals surface area contributed by atoms with Crippen LogP contribution in [0, 0.1) is 0 Å². The van der Waals surface area contributed by atoms with E-state index in [2.05, 4.69) is 21.3 Å². The van der Waals surface area contributed by atoms with Gasteiger partial charge in [-0.2, -0.15) is 13.2 Å². The maximum atomic E-state index is 13.0. The Morgan fingerprint density at radius 2 is 1.16 bits per heavy atom. The van der Waals surface area contributed by atoms with Gasteiger partial charge in [-0.1, -0.05) is 12.8 Å². The predicted molar refractivity (Wildman–Crippen MR) is 222 cm³/mol. The minimum atomic E-state index is -4.61. The van der Waals surface area contributed by atoms with E-state index < -0.39 is 54.2 Å². The van der Waals surface area contributed by atoms with E-state index in [1.807, 2.05) is 0 Å². The zero-order chi connectivity index (χ0) is 46.5. The smallest absolute Gasteiger partial charge is 0.416 e. The summed E-state index contributed by atoms with van der Waals surface area (Å²) in [5.41, 5.74) is 10.1. The molecule has 0 unspecified atom stereocenters. The van der Waals surface area contributed by atoms with Crippen molar-refractivity contribution >= 4 is 46.9 Å². The number of carbonyl (C=O) groups is 6. The van der Waals surface area contributed by atoms with Crippen molar-refractivity contribution in [2.24, 2.45) is 11.5 Å². The third kappa shape index (κ3) is 24.3. The molecule has 2 aromatic rings. The quantitative estimate of drug-likeness (QED) is 0.0469. The summed E-state index contributed by atoms with van der Waals surface area (Å²) in [7, 11) is 0. The van der Waals surface area contributed by atoms with Gasteiger partial charge in [0.05, 0.1) is 58.4 Å². The minimum absolute atomic E-state index is 0.0624. The van der Waals surface area contributed by atoms with Gasteiger partial charge in [0.15, 0.2) is 6.10 Å². The first-order valence-corrected chi connectivity index (χ1v) is 20.4. The van der Waals surface area contributed by atoms with Gasteiger partial charge in [0, 0.05) is 49.4 Å². The average molecular weight is 901 g/mol. The van der Waals surface area contributed by atoms with Gasteiger partial charge in [0.1, 0.15) is 12.6 Å². The number of benzene rings is 2. The van der Waals surface area contributed by atoms with E-state index in [1.165, 1.54) is 18.2 Å². The highest BCUT2D eigenvalue weighted by atomic mass is 19.4. The summed E-state index contributed by atoms with van der Waals surface area (Å²) in [5.74, 6) is -4.81. The third-order valence-corrected chi connectivity index (χ3v) is 8.71. The van der Waals surface area contributed by atoms with Gasteiger partial charge in [0.25, 0.3) is 5.91 Å². The molecule has 0 heterocycles. The SMILES string of the molecule is NCCOCCOCCOCCOCC(=O)NCCCCCC(=O)NCCCCCC(=O)Nc1cc(CO[C@H](C(=O)O)[C@H](N)C(=O)O)cc(NC(=O)c2ccc(C(F)(F)F)cc2)c1. The Kier molecular flexibility index (Phi) is 26.3. The van der Waals surface area contributed by atoms with E-state index in [4.69, 9.17) is 40.3 Å². The second-order valence-electron chi connectivity index (χ2n) is 13.9. The van der Waals surface area contributed by atoms with Crippen molar-refractivity contribution in [2.45, 2.75) is 76.3 Å². The van der Waals surface area contributed by atoms with Crippen LogP contribution in [0.3, 0.4) is 0 Å². The number of anilines is 2. The first kappa shape index (κ1) is 53.9. The van der Waals surface area contributed by atoms with Crippen LogP contribution >= 0.6 is 0 Å². The zero-order valence-electron chi connectivity index (χ0n) is 35.0. The summed E-state index contributed by atoms with van der Waals surface area (Å²) in [6, 6.07) is 5.67. The van der Waals surface area contributed by atoms with Gasteiger partial charge >= 0.3 is 18.1 Å². The normalized spacial score (nSPS) is 12.3. The van der Waals surface area contributed by atoms with Crippen molar-refractivity contribution in [1.82, 2.24) is 10.6 Å². The molecule has 19 nitrogen and oxygen atoms in total. The van der Waals surface area contributed by atoms with E-state index in [-0.39, 0.29) is 54.0 Å². The Morgan fingerprint density at radius 3 is 1.70 bits per heavy atom. The van der Waals surface area contributed by atoms with Crippen LogP contribution in [0.2, 0.25) is 0 Å². The van der Waals surface area contributed by atoms with Crippen molar-refractivity contribution in [3.63, 3.8) is 0 Å². The van der Waals surface area contributed by atoms with Crippen LogP contribution in [-0.2, 0) is 60.4 Å². The highest BCUT2D eigenvalue weighted by Crippen LogP contribution is 2.29. The number of carboxylic acid groups (broad SMARTS) is 2. The van der Waals surface area contributed by atoms with Crippen LogP contribution in [-0.4, -0.2) is 130 Å². The molecule has 0 fully saturated rings. The number of rotatable bonds is 34. The van der Waals surface area contributed by atoms with Crippen LogP contribution in [0.5, 0.6) is 0 Å². The number of ether oxygens (including phenoxy) is 5. The third-order valence-electron chi connectivity index (χ3n) is 8.71. The molecule has 4 amide bonds. The van der Waals surface area contributed by atoms with E-state index in [0.29, 0.717) is 97.8 Å². The van der Waals surface area contributed by atoms with Gasteiger partial charge in [-0.05, 0) is 73.7 Å². The highest BCUT2D eigenvalue weighted by molar-refractivity contribution is 6.04. The fraction of sp³-hybridized carbons (Fsp3) is 0.561. The molecule has 2 aromatic carbocycles. The summed E-state index contributed by atoms with van der Waals surface area (Å²) >= 11 is 0. The molecule has 0 aromatic heterocycles. The van der Waals surface area contributed by atoms with Crippen molar-refractivity contribution in [2.75, 3.05) is 83.1 Å². The molecule has 0 spiro atoms. The van der Waals surface area contributed by atoms with Gasteiger partial charge in [0.2, 0.25) is 17.7 Å². The first-order chi connectivity index (χ1) is 30.1. The highest BCUT2D eigenvalue weighted by Gasteiger charge is 2.32. The van der Waals surface area contributed by atoms with Gasteiger partial charge < -0.3 is 66.6 Å². The number of unbranched alkanes of at least 4 members (excludes halogenated alkanes) is 4. The lowest BCUT2D eigenvalue weighted by Gasteiger charge is -2.18. The van der Waals surface area contributed by atoms with E-state index in [9.17, 15) is 47.0 Å². The number of alkyl halides is 3. The maximum Gasteiger partial charge on any atom is 0.416 e. The summed E-state index contributed by atoms with van der Waals surface area (Å²) < 4.78 is 65.4. The molecule has 0 aliphatic rings. The molecule has 0 saturated carbocycles. The Balaban J connectivity index is 1.68. The molecule has 2 rings (SSSR count). The number of hydrogen-bond donors (Lipinski definition) is 8. The molecule has 0 radical (unpaired) electrons. The Labute approximate surface area is 363 Å². The van der Waals surface area contributed by atoms with Crippen molar-refractivity contribution < 1.29 is 75.8 Å².